The summed E-state index contributed by atoms with van der Waals surface area (Å²) in [5, 5.41) is 6.56. The van der Waals surface area contributed by atoms with Crippen molar-refractivity contribution in [1.29, 1.82) is 0 Å². The van der Waals surface area contributed by atoms with Gasteiger partial charge in [0.25, 0.3) is 0 Å². The van der Waals surface area contributed by atoms with Gasteiger partial charge >= 0.3 is 6.09 Å². The molecule has 0 fully saturated rings. The number of hydrogen-bond acceptors (Lipinski definition) is 4. The van der Waals surface area contributed by atoms with E-state index in [0.717, 1.165) is 24.6 Å². The molecule has 0 bridgehead atoms. The van der Waals surface area contributed by atoms with Gasteiger partial charge in [0.1, 0.15) is 5.60 Å². The maximum atomic E-state index is 12.0. The molecule has 1 atom stereocenters. The molecule has 154 valence electrons. The number of nitrogens with zero attached hydrogens (tertiary/aromatic N) is 3. The SMILES string of the molecule is CN=C(NCCc1ccccn1)NCC(C)CN(C)C(=O)OC(C)(C)C.I. The van der Waals surface area contributed by atoms with E-state index in [-0.39, 0.29) is 36.0 Å². The van der Waals surface area contributed by atoms with Crippen LogP contribution in [0.5, 0.6) is 0 Å². The summed E-state index contributed by atoms with van der Waals surface area (Å²) in [6.07, 6.45) is 2.33. The third-order valence-electron chi connectivity index (χ3n) is 3.53. The van der Waals surface area contributed by atoms with Crippen LogP contribution in [0.25, 0.3) is 0 Å². The average Bonchev–Trinajstić information content (AvgIpc) is 2.57. The van der Waals surface area contributed by atoms with Crippen LogP contribution in [0.15, 0.2) is 29.4 Å². The van der Waals surface area contributed by atoms with Crippen molar-refractivity contribution in [3.63, 3.8) is 0 Å². The quantitative estimate of drug-likeness (QED) is 0.349. The molecule has 1 aromatic heterocycles. The molecule has 0 saturated carbocycles. The summed E-state index contributed by atoms with van der Waals surface area (Å²) in [6, 6.07) is 5.90. The lowest BCUT2D eigenvalue weighted by molar-refractivity contribution is 0.0278. The summed E-state index contributed by atoms with van der Waals surface area (Å²) in [5.74, 6) is 0.995. The van der Waals surface area contributed by atoms with Crippen molar-refractivity contribution in [2.24, 2.45) is 10.9 Å². The van der Waals surface area contributed by atoms with Crippen molar-refractivity contribution < 1.29 is 9.53 Å². The molecule has 8 heteroatoms. The summed E-state index contributed by atoms with van der Waals surface area (Å²) in [6.45, 7) is 9.74. The first kappa shape index (κ1) is 25.4. The number of hydrogen-bond donors (Lipinski definition) is 2. The maximum absolute atomic E-state index is 12.0. The van der Waals surface area contributed by atoms with Crippen molar-refractivity contribution in [3.05, 3.63) is 30.1 Å². The smallest absolute Gasteiger partial charge is 0.410 e. The van der Waals surface area contributed by atoms with Gasteiger partial charge in [-0.15, -0.1) is 24.0 Å². The molecule has 1 unspecified atom stereocenters. The van der Waals surface area contributed by atoms with Gasteiger partial charge in [-0.3, -0.25) is 9.98 Å². The Labute approximate surface area is 180 Å². The first-order valence-corrected chi connectivity index (χ1v) is 9.00. The second-order valence-corrected chi connectivity index (χ2v) is 7.42. The zero-order valence-electron chi connectivity index (χ0n) is 17.3. The summed E-state index contributed by atoms with van der Waals surface area (Å²) in [7, 11) is 3.50. The number of halogens is 1. The highest BCUT2D eigenvalue weighted by molar-refractivity contribution is 14.0. The normalized spacial score (nSPS) is 12.6. The van der Waals surface area contributed by atoms with Crippen LogP contribution in [0.4, 0.5) is 4.79 Å². The van der Waals surface area contributed by atoms with Crippen LogP contribution in [0, 0.1) is 5.92 Å². The minimum Gasteiger partial charge on any atom is -0.444 e. The van der Waals surface area contributed by atoms with Crippen LogP contribution in [-0.2, 0) is 11.2 Å². The zero-order valence-corrected chi connectivity index (χ0v) is 19.6. The second-order valence-electron chi connectivity index (χ2n) is 7.42. The van der Waals surface area contributed by atoms with Gasteiger partial charge in [0.15, 0.2) is 5.96 Å². The first-order valence-electron chi connectivity index (χ1n) is 9.00. The number of aromatic nitrogens is 1. The van der Waals surface area contributed by atoms with Gasteiger partial charge in [-0.1, -0.05) is 13.0 Å². The topological polar surface area (TPSA) is 78.9 Å². The summed E-state index contributed by atoms with van der Waals surface area (Å²) in [5.41, 5.74) is 0.565. The Bertz CT molecular complexity index is 575. The minimum atomic E-state index is -0.480. The van der Waals surface area contributed by atoms with Gasteiger partial charge in [0.05, 0.1) is 0 Å². The number of pyridine rings is 1. The molecule has 27 heavy (non-hydrogen) atoms. The van der Waals surface area contributed by atoms with Crippen LogP contribution >= 0.6 is 24.0 Å². The molecule has 1 heterocycles. The number of carbonyl (C=O) groups excluding carboxylic acids is 1. The molecular weight excluding hydrogens is 457 g/mol. The van der Waals surface area contributed by atoms with Gasteiger partial charge < -0.3 is 20.3 Å². The molecule has 1 aromatic rings. The number of aliphatic imine (C=N–C) groups is 1. The van der Waals surface area contributed by atoms with Crippen LogP contribution in [0.1, 0.15) is 33.4 Å². The Kier molecular flexibility index (Phi) is 12.0. The van der Waals surface area contributed by atoms with Gasteiger partial charge in [0, 0.05) is 52.0 Å². The van der Waals surface area contributed by atoms with E-state index in [1.807, 2.05) is 39.0 Å². The second kappa shape index (κ2) is 12.7. The highest BCUT2D eigenvalue weighted by atomic mass is 127. The summed E-state index contributed by atoms with van der Waals surface area (Å²) >= 11 is 0. The Balaban J connectivity index is 0.00000676. The Hall–Kier alpha value is -1.58. The fraction of sp³-hybridized carbons (Fsp3) is 0.632. The van der Waals surface area contributed by atoms with Gasteiger partial charge in [0.2, 0.25) is 0 Å². The molecule has 7 nitrogen and oxygen atoms in total. The maximum Gasteiger partial charge on any atom is 0.410 e. The Morgan fingerprint density at radius 2 is 2.04 bits per heavy atom. The lowest BCUT2D eigenvalue weighted by atomic mass is 10.1. The Morgan fingerprint density at radius 3 is 2.59 bits per heavy atom. The van der Waals surface area contributed by atoms with Crippen LogP contribution < -0.4 is 10.6 Å². The predicted molar refractivity (Wildman–Crippen MR) is 121 cm³/mol. The molecule has 0 spiro atoms. The molecule has 0 radical (unpaired) electrons. The molecule has 0 aliphatic heterocycles. The lowest BCUT2D eigenvalue weighted by Gasteiger charge is -2.26. The van der Waals surface area contributed by atoms with Crippen molar-refractivity contribution in [2.75, 3.05) is 33.7 Å². The lowest BCUT2D eigenvalue weighted by Crippen LogP contribution is -2.43. The van der Waals surface area contributed by atoms with E-state index in [2.05, 4.69) is 27.5 Å². The zero-order chi connectivity index (χ0) is 19.6. The number of ether oxygens (including phenoxy) is 1. The van der Waals surface area contributed by atoms with Crippen molar-refractivity contribution in [3.8, 4) is 0 Å². The summed E-state index contributed by atoms with van der Waals surface area (Å²) in [4.78, 5) is 22.1. The van der Waals surface area contributed by atoms with E-state index in [4.69, 9.17) is 4.74 Å². The van der Waals surface area contributed by atoms with Crippen LogP contribution in [-0.4, -0.2) is 61.3 Å². The fourth-order valence-electron chi connectivity index (χ4n) is 2.29. The monoisotopic (exact) mass is 491 g/mol. The average molecular weight is 491 g/mol. The third kappa shape index (κ3) is 11.7. The summed E-state index contributed by atoms with van der Waals surface area (Å²) < 4.78 is 5.37. The fourth-order valence-corrected chi connectivity index (χ4v) is 2.29. The Morgan fingerprint density at radius 1 is 1.33 bits per heavy atom. The van der Waals surface area contributed by atoms with Crippen molar-refractivity contribution in [1.82, 2.24) is 20.5 Å². The van der Waals surface area contributed by atoms with E-state index in [0.29, 0.717) is 13.1 Å². The first-order chi connectivity index (χ1) is 12.2. The van der Waals surface area contributed by atoms with E-state index in [1.54, 1.807) is 25.2 Å². The van der Waals surface area contributed by atoms with Crippen molar-refractivity contribution in [2.45, 2.75) is 39.7 Å². The number of guanidine groups is 1. The minimum absolute atomic E-state index is 0. The molecule has 0 aromatic carbocycles. The molecular formula is C19H34IN5O2. The highest BCUT2D eigenvalue weighted by Crippen LogP contribution is 2.10. The molecule has 1 rings (SSSR count). The van der Waals surface area contributed by atoms with Gasteiger partial charge in [-0.05, 0) is 38.8 Å². The standard InChI is InChI=1S/C19H33N5O2.HI/c1-15(14-24(6)18(25)26-19(2,3)4)13-23-17(20-5)22-12-10-16-9-7-8-11-21-16;/h7-9,11,15H,10,12-14H2,1-6H3,(H2,20,22,23);1H. The molecule has 2 N–H and O–H groups in total. The third-order valence-corrected chi connectivity index (χ3v) is 3.53. The van der Waals surface area contributed by atoms with E-state index in [9.17, 15) is 4.79 Å². The molecule has 0 saturated heterocycles. The predicted octanol–water partition coefficient (Wildman–Crippen LogP) is 2.91. The molecule has 1 amide bonds. The highest BCUT2D eigenvalue weighted by Gasteiger charge is 2.20. The molecule has 0 aliphatic rings. The molecule has 0 aliphatic carbocycles. The van der Waals surface area contributed by atoms with Gasteiger partial charge in [-0.25, -0.2) is 4.79 Å². The van der Waals surface area contributed by atoms with E-state index >= 15 is 0 Å². The van der Waals surface area contributed by atoms with Crippen LogP contribution in [0.3, 0.4) is 0 Å². The number of carbonyl (C=O) groups is 1. The number of nitrogens with one attached hydrogen (secondary N) is 2. The number of rotatable bonds is 7. The number of amides is 1. The van der Waals surface area contributed by atoms with Gasteiger partial charge in [-0.2, -0.15) is 0 Å². The van der Waals surface area contributed by atoms with E-state index < -0.39 is 5.60 Å². The van der Waals surface area contributed by atoms with Crippen LogP contribution in [0.2, 0.25) is 0 Å². The van der Waals surface area contributed by atoms with Crippen molar-refractivity contribution >= 4 is 36.0 Å². The van der Waals surface area contributed by atoms with E-state index in [1.165, 1.54) is 0 Å². The largest absolute Gasteiger partial charge is 0.444 e.